The van der Waals surface area contributed by atoms with Crippen LogP contribution in [-0.4, -0.2) is 59.8 Å². The van der Waals surface area contributed by atoms with Crippen molar-refractivity contribution in [2.24, 2.45) is 0 Å². The van der Waals surface area contributed by atoms with Gasteiger partial charge in [-0.05, 0) is 19.8 Å². The van der Waals surface area contributed by atoms with Crippen molar-refractivity contribution >= 4 is 22.4 Å². The normalized spacial score (nSPS) is 23.9. The fraction of sp³-hybridized carbons (Fsp3) is 0.750. The Morgan fingerprint density at radius 2 is 2.11 bits per heavy atom. The lowest BCUT2D eigenvalue weighted by molar-refractivity contribution is -0.132. The van der Waals surface area contributed by atoms with Crippen LogP contribution in [0.25, 0.3) is 0 Å². The highest BCUT2D eigenvalue weighted by Gasteiger charge is 2.35. The van der Waals surface area contributed by atoms with Gasteiger partial charge in [-0.3, -0.25) is 4.79 Å². The van der Waals surface area contributed by atoms with Gasteiger partial charge in [-0.1, -0.05) is 11.3 Å². The van der Waals surface area contributed by atoms with Crippen molar-refractivity contribution in [3.8, 4) is 0 Å². The number of rotatable bonds is 2. The number of aryl methyl sites for hydroxylation is 1. The molecule has 2 aliphatic heterocycles. The van der Waals surface area contributed by atoms with Crippen LogP contribution in [0.15, 0.2) is 0 Å². The Balaban J connectivity index is 1.73. The molecule has 3 rings (SSSR count). The topological polar surface area (TPSA) is 61.4 Å². The van der Waals surface area contributed by atoms with E-state index in [1.54, 1.807) is 11.3 Å². The molecule has 0 aromatic carbocycles. The highest BCUT2D eigenvalue weighted by molar-refractivity contribution is 7.15. The van der Waals surface area contributed by atoms with Gasteiger partial charge in [0.05, 0.1) is 0 Å². The fourth-order valence-corrected chi connectivity index (χ4v) is 3.51. The zero-order chi connectivity index (χ0) is 13.2. The minimum atomic E-state index is -0.0366. The Labute approximate surface area is 116 Å². The summed E-state index contributed by atoms with van der Waals surface area (Å²) in [4.78, 5) is 16.7. The molecule has 2 aliphatic rings. The number of piperazine rings is 1. The van der Waals surface area contributed by atoms with Crippen LogP contribution in [-0.2, 0) is 4.79 Å². The molecule has 1 aromatic heterocycles. The molecule has 2 fully saturated rings. The van der Waals surface area contributed by atoms with Gasteiger partial charge < -0.3 is 15.1 Å². The van der Waals surface area contributed by atoms with Crippen molar-refractivity contribution in [2.75, 3.05) is 37.6 Å². The second-order valence-corrected chi connectivity index (χ2v) is 6.19. The highest BCUT2D eigenvalue weighted by Crippen LogP contribution is 2.29. The smallest absolute Gasteiger partial charge is 0.245 e. The summed E-state index contributed by atoms with van der Waals surface area (Å²) in [6.45, 7) is 6.30. The van der Waals surface area contributed by atoms with Crippen LogP contribution < -0.4 is 10.2 Å². The Bertz CT molecular complexity index is 457. The summed E-state index contributed by atoms with van der Waals surface area (Å²) < 4.78 is 0. The molecule has 1 atom stereocenters. The molecule has 0 saturated carbocycles. The SMILES string of the molecule is Cc1nnc(N2CCCC2C(=O)N2CCNCC2)s1. The van der Waals surface area contributed by atoms with Gasteiger partial charge in [0.2, 0.25) is 11.0 Å². The molecular weight excluding hydrogens is 262 g/mol. The molecular formula is C12H19N5OS. The van der Waals surface area contributed by atoms with E-state index < -0.39 is 0 Å². The second-order valence-electron chi connectivity index (χ2n) is 5.03. The molecule has 1 amide bonds. The average molecular weight is 281 g/mol. The van der Waals surface area contributed by atoms with Crippen molar-refractivity contribution in [3.63, 3.8) is 0 Å². The first-order valence-corrected chi connectivity index (χ1v) is 7.63. The minimum Gasteiger partial charge on any atom is -0.338 e. The van der Waals surface area contributed by atoms with Crippen LogP contribution in [0.5, 0.6) is 0 Å². The van der Waals surface area contributed by atoms with E-state index in [-0.39, 0.29) is 11.9 Å². The standard InChI is InChI=1S/C12H19N5OS/c1-9-14-15-12(19-9)17-6-2-3-10(17)11(18)16-7-4-13-5-8-16/h10,13H,2-8H2,1H3. The summed E-state index contributed by atoms with van der Waals surface area (Å²) in [6.07, 6.45) is 1.99. The van der Waals surface area contributed by atoms with E-state index in [9.17, 15) is 4.79 Å². The summed E-state index contributed by atoms with van der Waals surface area (Å²) in [7, 11) is 0. The van der Waals surface area contributed by atoms with Crippen molar-refractivity contribution in [1.82, 2.24) is 20.4 Å². The first kappa shape index (κ1) is 12.8. The third kappa shape index (κ3) is 2.57. The number of hydrogen-bond acceptors (Lipinski definition) is 6. The van der Waals surface area contributed by atoms with E-state index in [2.05, 4.69) is 20.4 Å². The van der Waals surface area contributed by atoms with E-state index >= 15 is 0 Å². The highest BCUT2D eigenvalue weighted by atomic mass is 32.1. The van der Waals surface area contributed by atoms with Crippen LogP contribution in [0.1, 0.15) is 17.8 Å². The maximum atomic E-state index is 12.6. The lowest BCUT2D eigenvalue weighted by atomic mass is 10.2. The van der Waals surface area contributed by atoms with E-state index in [0.29, 0.717) is 0 Å². The predicted octanol–water partition coefficient (Wildman–Crippen LogP) is 0.247. The second kappa shape index (κ2) is 5.42. The summed E-state index contributed by atoms with van der Waals surface area (Å²) in [5, 5.41) is 13.4. The van der Waals surface area contributed by atoms with Gasteiger partial charge in [-0.2, -0.15) is 0 Å². The number of carbonyl (C=O) groups excluding carboxylic acids is 1. The monoisotopic (exact) mass is 281 g/mol. The lowest BCUT2D eigenvalue weighted by Gasteiger charge is -2.32. The minimum absolute atomic E-state index is 0.0366. The van der Waals surface area contributed by atoms with Gasteiger partial charge in [0.25, 0.3) is 0 Å². The fourth-order valence-electron chi connectivity index (χ4n) is 2.75. The van der Waals surface area contributed by atoms with E-state index in [0.717, 1.165) is 55.7 Å². The molecule has 1 N–H and O–H groups in total. The Morgan fingerprint density at radius 1 is 1.32 bits per heavy atom. The maximum absolute atomic E-state index is 12.6. The first-order chi connectivity index (χ1) is 9.25. The molecule has 0 bridgehead atoms. The molecule has 19 heavy (non-hydrogen) atoms. The lowest BCUT2D eigenvalue weighted by Crippen LogP contribution is -2.52. The number of nitrogens with one attached hydrogen (secondary N) is 1. The molecule has 0 aliphatic carbocycles. The van der Waals surface area contributed by atoms with Gasteiger partial charge in [-0.25, -0.2) is 0 Å². The summed E-state index contributed by atoms with van der Waals surface area (Å²) in [5.74, 6) is 0.256. The van der Waals surface area contributed by atoms with Crippen molar-refractivity contribution in [3.05, 3.63) is 5.01 Å². The van der Waals surface area contributed by atoms with E-state index in [1.165, 1.54) is 0 Å². The van der Waals surface area contributed by atoms with Gasteiger partial charge >= 0.3 is 0 Å². The van der Waals surface area contributed by atoms with Gasteiger partial charge in [0.1, 0.15) is 11.0 Å². The van der Waals surface area contributed by atoms with E-state index in [1.807, 2.05) is 11.8 Å². The zero-order valence-corrected chi connectivity index (χ0v) is 11.9. The van der Waals surface area contributed by atoms with Crippen LogP contribution in [0.3, 0.4) is 0 Å². The molecule has 1 aromatic rings. The number of hydrogen-bond donors (Lipinski definition) is 1. The Kier molecular flexibility index (Phi) is 3.65. The third-order valence-electron chi connectivity index (χ3n) is 3.73. The molecule has 7 heteroatoms. The van der Waals surface area contributed by atoms with Crippen LogP contribution >= 0.6 is 11.3 Å². The molecule has 6 nitrogen and oxygen atoms in total. The summed E-state index contributed by atoms with van der Waals surface area (Å²) >= 11 is 1.57. The third-order valence-corrected chi connectivity index (χ3v) is 4.60. The van der Waals surface area contributed by atoms with Crippen LogP contribution in [0, 0.1) is 6.92 Å². The van der Waals surface area contributed by atoms with Crippen molar-refractivity contribution in [1.29, 1.82) is 0 Å². The first-order valence-electron chi connectivity index (χ1n) is 6.82. The molecule has 0 radical (unpaired) electrons. The summed E-state index contributed by atoms with van der Waals surface area (Å²) in [6, 6.07) is -0.0366. The Morgan fingerprint density at radius 3 is 2.79 bits per heavy atom. The van der Waals surface area contributed by atoms with E-state index in [4.69, 9.17) is 0 Å². The number of nitrogens with zero attached hydrogens (tertiary/aromatic N) is 4. The van der Waals surface area contributed by atoms with Crippen LogP contribution in [0.4, 0.5) is 5.13 Å². The van der Waals surface area contributed by atoms with Gasteiger partial charge in [0.15, 0.2) is 0 Å². The molecule has 104 valence electrons. The largest absolute Gasteiger partial charge is 0.338 e. The molecule has 3 heterocycles. The number of anilines is 1. The van der Waals surface area contributed by atoms with Gasteiger partial charge in [0, 0.05) is 32.7 Å². The predicted molar refractivity (Wildman–Crippen MR) is 74.5 cm³/mol. The summed E-state index contributed by atoms with van der Waals surface area (Å²) in [5.41, 5.74) is 0. The van der Waals surface area contributed by atoms with Crippen molar-refractivity contribution in [2.45, 2.75) is 25.8 Å². The molecule has 1 unspecified atom stereocenters. The Hall–Kier alpha value is -1.21. The average Bonchev–Trinajstić information content (AvgIpc) is 3.07. The maximum Gasteiger partial charge on any atom is 0.245 e. The zero-order valence-electron chi connectivity index (χ0n) is 11.1. The number of carbonyl (C=O) groups is 1. The number of aromatic nitrogens is 2. The molecule has 0 spiro atoms. The number of amides is 1. The molecule has 2 saturated heterocycles. The van der Waals surface area contributed by atoms with Crippen molar-refractivity contribution < 1.29 is 4.79 Å². The van der Waals surface area contributed by atoms with Gasteiger partial charge in [-0.15, -0.1) is 10.2 Å². The quantitative estimate of drug-likeness (QED) is 0.842. The van der Waals surface area contributed by atoms with Crippen LogP contribution in [0.2, 0.25) is 0 Å².